The SMILES string of the molecule is CCCn1c(SCC(O)=C(C#N)c2nc3ccccc3n2C)n[nH]c1=O. The van der Waals surface area contributed by atoms with E-state index in [9.17, 15) is 15.2 Å². The predicted molar refractivity (Wildman–Crippen MR) is 99.7 cm³/mol. The zero-order valence-electron chi connectivity index (χ0n) is 14.4. The molecule has 1 aromatic carbocycles. The van der Waals surface area contributed by atoms with E-state index in [1.54, 1.807) is 11.6 Å². The van der Waals surface area contributed by atoms with Crippen LogP contribution >= 0.6 is 11.8 Å². The molecule has 3 aromatic rings. The second-order valence-electron chi connectivity index (χ2n) is 5.67. The lowest BCUT2D eigenvalue weighted by molar-refractivity contribution is 0.420. The molecule has 0 aliphatic rings. The Kier molecular flexibility index (Phi) is 5.14. The molecule has 134 valence electrons. The van der Waals surface area contributed by atoms with E-state index < -0.39 is 0 Å². The molecule has 2 heterocycles. The van der Waals surface area contributed by atoms with Crippen LogP contribution in [0.5, 0.6) is 0 Å². The van der Waals surface area contributed by atoms with Crippen molar-refractivity contribution in [3.05, 3.63) is 46.3 Å². The van der Waals surface area contributed by atoms with Crippen molar-refractivity contribution in [2.24, 2.45) is 7.05 Å². The number of aromatic nitrogens is 5. The van der Waals surface area contributed by atoms with Crippen molar-refractivity contribution in [1.29, 1.82) is 5.26 Å². The Hall–Kier alpha value is -2.99. The number of aliphatic hydroxyl groups excluding tert-OH is 1. The van der Waals surface area contributed by atoms with Gasteiger partial charge in [0.1, 0.15) is 17.4 Å². The fourth-order valence-electron chi connectivity index (χ4n) is 2.65. The molecular formula is C17H18N6O2S. The molecule has 2 N–H and O–H groups in total. The van der Waals surface area contributed by atoms with E-state index in [0.717, 1.165) is 17.5 Å². The van der Waals surface area contributed by atoms with Gasteiger partial charge in [0.25, 0.3) is 0 Å². The highest BCUT2D eigenvalue weighted by Crippen LogP contribution is 2.25. The molecule has 0 spiro atoms. The Morgan fingerprint density at radius 1 is 1.42 bits per heavy atom. The van der Waals surface area contributed by atoms with Crippen molar-refractivity contribution < 1.29 is 5.11 Å². The lowest BCUT2D eigenvalue weighted by Gasteiger charge is -2.06. The molecule has 0 aliphatic heterocycles. The third-order valence-corrected chi connectivity index (χ3v) is 4.91. The number of allylic oxidation sites excluding steroid dienone is 1. The summed E-state index contributed by atoms with van der Waals surface area (Å²) in [4.78, 5) is 16.2. The van der Waals surface area contributed by atoms with Crippen LogP contribution in [0.15, 0.2) is 40.0 Å². The fourth-order valence-corrected chi connectivity index (χ4v) is 3.50. The van der Waals surface area contributed by atoms with Crippen LogP contribution in [0.4, 0.5) is 0 Å². The van der Waals surface area contributed by atoms with Crippen molar-refractivity contribution in [2.75, 3.05) is 5.75 Å². The normalized spacial score (nSPS) is 12.2. The number of para-hydroxylation sites is 2. The topological polar surface area (TPSA) is 113 Å². The zero-order valence-corrected chi connectivity index (χ0v) is 15.2. The molecule has 3 rings (SSSR count). The molecule has 0 radical (unpaired) electrons. The number of nitrogens with one attached hydrogen (secondary N) is 1. The molecule has 0 unspecified atom stereocenters. The molecule has 0 amide bonds. The van der Waals surface area contributed by atoms with Crippen LogP contribution in [0.3, 0.4) is 0 Å². The van der Waals surface area contributed by atoms with E-state index in [0.29, 0.717) is 17.5 Å². The Balaban J connectivity index is 1.91. The zero-order chi connectivity index (χ0) is 18.7. The molecule has 0 atom stereocenters. The predicted octanol–water partition coefficient (Wildman–Crippen LogP) is 2.45. The lowest BCUT2D eigenvalue weighted by Crippen LogP contribution is -2.17. The first kappa shape index (κ1) is 17.8. The van der Waals surface area contributed by atoms with E-state index in [1.807, 2.05) is 37.3 Å². The van der Waals surface area contributed by atoms with Gasteiger partial charge in [-0.05, 0) is 18.6 Å². The van der Waals surface area contributed by atoms with E-state index >= 15 is 0 Å². The van der Waals surface area contributed by atoms with Crippen molar-refractivity contribution in [3.8, 4) is 6.07 Å². The Morgan fingerprint density at radius 2 is 2.19 bits per heavy atom. The minimum absolute atomic E-state index is 0.102. The van der Waals surface area contributed by atoms with E-state index in [-0.39, 0.29) is 22.8 Å². The van der Waals surface area contributed by atoms with E-state index in [2.05, 4.69) is 15.2 Å². The summed E-state index contributed by atoms with van der Waals surface area (Å²) in [7, 11) is 1.80. The molecule has 0 saturated carbocycles. The number of imidazole rings is 1. The lowest BCUT2D eigenvalue weighted by atomic mass is 10.2. The largest absolute Gasteiger partial charge is 0.510 e. The number of fused-ring (bicyclic) bond motifs is 1. The van der Waals surface area contributed by atoms with Crippen LogP contribution in [0.25, 0.3) is 16.6 Å². The molecule has 0 saturated heterocycles. The van der Waals surface area contributed by atoms with Crippen molar-refractivity contribution in [1.82, 2.24) is 24.3 Å². The summed E-state index contributed by atoms with van der Waals surface area (Å²) in [5.74, 6) is 0.411. The van der Waals surface area contributed by atoms with Gasteiger partial charge in [0, 0.05) is 13.6 Å². The summed E-state index contributed by atoms with van der Waals surface area (Å²) >= 11 is 1.19. The summed E-state index contributed by atoms with van der Waals surface area (Å²) in [6.45, 7) is 2.50. The fraction of sp³-hybridized carbons (Fsp3) is 0.294. The van der Waals surface area contributed by atoms with Crippen LogP contribution in [0.1, 0.15) is 19.2 Å². The quantitative estimate of drug-likeness (QED) is 0.391. The van der Waals surface area contributed by atoms with Gasteiger partial charge >= 0.3 is 5.69 Å². The molecule has 0 bridgehead atoms. The molecule has 0 aliphatic carbocycles. The van der Waals surface area contributed by atoms with Gasteiger partial charge in [0.05, 0.1) is 16.8 Å². The summed E-state index contributed by atoms with van der Waals surface area (Å²) < 4.78 is 3.29. The van der Waals surface area contributed by atoms with Gasteiger partial charge < -0.3 is 9.67 Å². The van der Waals surface area contributed by atoms with Gasteiger partial charge in [-0.1, -0.05) is 30.8 Å². The van der Waals surface area contributed by atoms with Crippen molar-refractivity contribution in [3.63, 3.8) is 0 Å². The van der Waals surface area contributed by atoms with Crippen LogP contribution in [-0.2, 0) is 13.6 Å². The molecule has 26 heavy (non-hydrogen) atoms. The van der Waals surface area contributed by atoms with Crippen LogP contribution < -0.4 is 5.69 Å². The number of nitriles is 1. The average molecular weight is 370 g/mol. The highest BCUT2D eigenvalue weighted by molar-refractivity contribution is 7.99. The average Bonchev–Trinajstić information content (AvgIpc) is 3.16. The number of hydrogen-bond donors (Lipinski definition) is 2. The van der Waals surface area contributed by atoms with Crippen LogP contribution in [0, 0.1) is 11.3 Å². The summed E-state index contributed by atoms with van der Waals surface area (Å²) in [5, 5.41) is 26.8. The highest BCUT2D eigenvalue weighted by atomic mass is 32.2. The number of nitrogens with zero attached hydrogens (tertiary/aromatic N) is 5. The molecule has 9 heteroatoms. The molecular weight excluding hydrogens is 352 g/mol. The Bertz CT molecular complexity index is 1070. The number of rotatable bonds is 6. The number of benzene rings is 1. The minimum atomic E-state index is -0.284. The first-order valence-corrected chi connectivity index (χ1v) is 9.07. The smallest absolute Gasteiger partial charge is 0.343 e. The second-order valence-corrected chi connectivity index (χ2v) is 6.61. The van der Waals surface area contributed by atoms with Gasteiger partial charge in [0.2, 0.25) is 0 Å². The number of aromatic amines is 1. The van der Waals surface area contributed by atoms with Crippen molar-refractivity contribution >= 4 is 28.4 Å². The Labute approximate surface area is 153 Å². The monoisotopic (exact) mass is 370 g/mol. The maximum atomic E-state index is 11.7. The van der Waals surface area contributed by atoms with Crippen LogP contribution in [-0.4, -0.2) is 35.2 Å². The van der Waals surface area contributed by atoms with Gasteiger partial charge in [0.15, 0.2) is 11.0 Å². The van der Waals surface area contributed by atoms with E-state index in [4.69, 9.17) is 0 Å². The van der Waals surface area contributed by atoms with Gasteiger partial charge in [-0.15, -0.1) is 5.10 Å². The third kappa shape index (κ3) is 3.23. The van der Waals surface area contributed by atoms with Gasteiger partial charge in [-0.3, -0.25) is 4.57 Å². The van der Waals surface area contributed by atoms with Gasteiger partial charge in [-0.25, -0.2) is 14.9 Å². The highest BCUT2D eigenvalue weighted by Gasteiger charge is 2.17. The number of thioether (sulfide) groups is 1. The number of hydrogen-bond acceptors (Lipinski definition) is 6. The number of aliphatic hydroxyl groups is 1. The summed E-state index contributed by atoms with van der Waals surface area (Å²) in [5.41, 5.74) is 1.45. The second kappa shape index (κ2) is 7.49. The van der Waals surface area contributed by atoms with Crippen LogP contribution in [0.2, 0.25) is 0 Å². The molecule has 8 nitrogen and oxygen atoms in total. The standard InChI is InChI=1S/C17H18N6O2S/c1-3-8-23-16(25)20-21-17(23)26-10-14(24)11(9-18)15-19-12-6-4-5-7-13(12)22(15)2/h4-7,24H,3,8,10H2,1-2H3,(H,20,25). The van der Waals surface area contributed by atoms with Gasteiger partial charge in [-0.2, -0.15) is 5.26 Å². The first-order valence-electron chi connectivity index (χ1n) is 8.08. The maximum Gasteiger partial charge on any atom is 0.343 e. The first-order chi connectivity index (χ1) is 12.6. The minimum Gasteiger partial charge on any atom is -0.510 e. The number of H-pyrrole nitrogens is 1. The summed E-state index contributed by atoms with van der Waals surface area (Å²) in [6, 6.07) is 9.56. The van der Waals surface area contributed by atoms with Crippen molar-refractivity contribution in [2.45, 2.75) is 25.0 Å². The Morgan fingerprint density at radius 3 is 2.88 bits per heavy atom. The maximum absolute atomic E-state index is 11.7. The third-order valence-electron chi connectivity index (χ3n) is 3.92. The molecule has 2 aromatic heterocycles. The molecule has 0 fully saturated rings. The number of aryl methyl sites for hydroxylation is 1. The summed E-state index contributed by atoms with van der Waals surface area (Å²) in [6.07, 6.45) is 0.790. The van der Waals surface area contributed by atoms with E-state index in [1.165, 1.54) is 16.3 Å².